The molecule has 1 aliphatic rings. The van der Waals surface area contributed by atoms with Crippen LogP contribution in [0.5, 0.6) is 11.5 Å². The molecule has 0 radical (unpaired) electrons. The third-order valence-corrected chi connectivity index (χ3v) is 4.87. The number of nitrogens with one attached hydrogen (secondary N) is 1. The average Bonchev–Trinajstić information content (AvgIpc) is 2.68. The highest BCUT2D eigenvalue weighted by Crippen LogP contribution is 2.44. The van der Waals surface area contributed by atoms with Crippen LogP contribution in [0.15, 0.2) is 36.4 Å². The number of unbranched alkanes of at least 4 members (excludes halogenated alkanes) is 4. The lowest BCUT2D eigenvalue weighted by Crippen LogP contribution is -2.09. The summed E-state index contributed by atoms with van der Waals surface area (Å²) in [5.74, 6) is 1.86. The van der Waals surface area contributed by atoms with E-state index in [0.717, 1.165) is 36.6 Å². The second-order valence-electron chi connectivity index (χ2n) is 6.98. The number of hydrogen-bond donors (Lipinski definition) is 1. The Morgan fingerprint density at radius 2 is 1.85 bits per heavy atom. The van der Waals surface area contributed by atoms with Gasteiger partial charge in [-0.25, -0.2) is 0 Å². The van der Waals surface area contributed by atoms with E-state index in [2.05, 4.69) is 43.4 Å². The number of rotatable bonds is 10. The molecule has 0 spiro atoms. The first-order valence-electron chi connectivity index (χ1n) is 10.1. The maximum absolute atomic E-state index is 6.12. The largest absolute Gasteiger partial charge is 0.493 e. The molecule has 26 heavy (non-hydrogen) atoms. The van der Waals surface area contributed by atoms with Gasteiger partial charge in [0.1, 0.15) is 18.1 Å². The van der Waals surface area contributed by atoms with Crippen molar-refractivity contribution >= 4 is 5.69 Å². The van der Waals surface area contributed by atoms with Crippen LogP contribution in [-0.2, 0) is 6.61 Å². The SMILES string of the molecule is CCCCCNc1ccc2c(c1)-c1c(OCCCCC)cccc1OC2. The predicted octanol–water partition coefficient (Wildman–Crippen LogP) is 6.42. The summed E-state index contributed by atoms with van der Waals surface area (Å²) in [6.07, 6.45) is 7.22. The molecule has 0 aliphatic carbocycles. The van der Waals surface area contributed by atoms with Crippen LogP contribution in [0.3, 0.4) is 0 Å². The van der Waals surface area contributed by atoms with Gasteiger partial charge in [0, 0.05) is 12.2 Å². The Kier molecular flexibility index (Phi) is 6.82. The van der Waals surface area contributed by atoms with Crippen LogP contribution < -0.4 is 14.8 Å². The van der Waals surface area contributed by atoms with E-state index in [-0.39, 0.29) is 0 Å². The highest BCUT2D eigenvalue weighted by Gasteiger charge is 2.21. The number of anilines is 1. The number of benzene rings is 2. The molecule has 3 heteroatoms. The van der Waals surface area contributed by atoms with Crippen LogP contribution in [0.1, 0.15) is 57.9 Å². The first kappa shape index (κ1) is 18.6. The van der Waals surface area contributed by atoms with Crippen LogP contribution >= 0.6 is 0 Å². The molecule has 2 aromatic rings. The molecule has 1 aliphatic heterocycles. The van der Waals surface area contributed by atoms with Crippen LogP contribution in [0, 0.1) is 0 Å². The van der Waals surface area contributed by atoms with E-state index in [1.54, 1.807) is 0 Å². The normalized spacial score (nSPS) is 12.1. The zero-order valence-corrected chi connectivity index (χ0v) is 16.1. The second-order valence-corrected chi connectivity index (χ2v) is 6.98. The molecule has 0 saturated heterocycles. The average molecular weight is 354 g/mol. The molecule has 0 aromatic heterocycles. The topological polar surface area (TPSA) is 30.5 Å². The molecule has 2 aromatic carbocycles. The first-order valence-corrected chi connectivity index (χ1v) is 10.1. The molecule has 1 heterocycles. The van der Waals surface area contributed by atoms with E-state index in [1.165, 1.54) is 48.9 Å². The minimum absolute atomic E-state index is 0.623. The van der Waals surface area contributed by atoms with Crippen molar-refractivity contribution < 1.29 is 9.47 Å². The van der Waals surface area contributed by atoms with Gasteiger partial charge in [-0.05, 0) is 48.2 Å². The van der Waals surface area contributed by atoms with Gasteiger partial charge in [0.2, 0.25) is 0 Å². The predicted molar refractivity (Wildman–Crippen MR) is 109 cm³/mol. The lowest BCUT2D eigenvalue weighted by molar-refractivity contribution is 0.288. The maximum Gasteiger partial charge on any atom is 0.131 e. The Morgan fingerprint density at radius 1 is 1.00 bits per heavy atom. The molecule has 1 N–H and O–H groups in total. The fraction of sp³-hybridized carbons (Fsp3) is 0.478. The minimum Gasteiger partial charge on any atom is -0.493 e. The quantitative estimate of drug-likeness (QED) is 0.500. The molecule has 0 atom stereocenters. The fourth-order valence-corrected chi connectivity index (χ4v) is 3.36. The number of fused-ring (bicyclic) bond motifs is 3. The summed E-state index contributed by atoms with van der Waals surface area (Å²) in [7, 11) is 0. The monoisotopic (exact) mass is 353 g/mol. The standard InChI is InChI=1S/C23H31NO2/c1-3-5-7-14-24-19-13-12-18-17-26-22-11-9-10-21(23(22)20(18)16-19)25-15-8-6-4-2/h9-13,16,24H,3-8,14-15,17H2,1-2H3. The van der Waals surface area contributed by atoms with Crippen molar-refractivity contribution in [2.24, 2.45) is 0 Å². The summed E-state index contributed by atoms with van der Waals surface area (Å²) in [5, 5.41) is 3.56. The zero-order valence-electron chi connectivity index (χ0n) is 16.1. The number of hydrogen-bond acceptors (Lipinski definition) is 3. The molecular weight excluding hydrogens is 322 g/mol. The van der Waals surface area contributed by atoms with Gasteiger partial charge in [-0.1, -0.05) is 51.7 Å². The fourth-order valence-electron chi connectivity index (χ4n) is 3.36. The van der Waals surface area contributed by atoms with E-state index in [0.29, 0.717) is 6.61 Å². The van der Waals surface area contributed by atoms with E-state index >= 15 is 0 Å². The van der Waals surface area contributed by atoms with Crippen molar-refractivity contribution in [3.63, 3.8) is 0 Å². The van der Waals surface area contributed by atoms with Crippen molar-refractivity contribution in [2.75, 3.05) is 18.5 Å². The molecule has 0 unspecified atom stereocenters. The Hall–Kier alpha value is -2.16. The van der Waals surface area contributed by atoms with E-state index < -0.39 is 0 Å². The Morgan fingerprint density at radius 3 is 2.69 bits per heavy atom. The molecule has 0 fully saturated rings. The van der Waals surface area contributed by atoms with Gasteiger partial charge < -0.3 is 14.8 Å². The summed E-state index contributed by atoms with van der Waals surface area (Å²) < 4.78 is 12.1. The highest BCUT2D eigenvalue weighted by atomic mass is 16.5. The summed E-state index contributed by atoms with van der Waals surface area (Å²) in [6, 6.07) is 12.7. The van der Waals surface area contributed by atoms with E-state index in [1.807, 2.05) is 12.1 Å². The molecule has 0 saturated carbocycles. The van der Waals surface area contributed by atoms with Crippen molar-refractivity contribution in [1.82, 2.24) is 0 Å². The number of ether oxygens (including phenoxy) is 2. The molecular formula is C23H31NO2. The van der Waals surface area contributed by atoms with Gasteiger partial charge >= 0.3 is 0 Å². The lowest BCUT2D eigenvalue weighted by atomic mass is 9.95. The molecule has 0 amide bonds. The van der Waals surface area contributed by atoms with Gasteiger partial charge in [0.15, 0.2) is 0 Å². The van der Waals surface area contributed by atoms with Crippen LogP contribution in [-0.4, -0.2) is 13.2 Å². The first-order chi connectivity index (χ1) is 12.8. The third-order valence-electron chi connectivity index (χ3n) is 4.87. The molecule has 140 valence electrons. The third kappa shape index (κ3) is 4.51. The highest BCUT2D eigenvalue weighted by molar-refractivity contribution is 5.82. The van der Waals surface area contributed by atoms with Crippen molar-refractivity contribution in [1.29, 1.82) is 0 Å². The summed E-state index contributed by atoms with van der Waals surface area (Å²) >= 11 is 0. The lowest BCUT2D eigenvalue weighted by Gasteiger charge is -2.24. The van der Waals surface area contributed by atoms with Crippen LogP contribution in [0.2, 0.25) is 0 Å². The van der Waals surface area contributed by atoms with Gasteiger partial charge in [0.05, 0.1) is 12.2 Å². The maximum atomic E-state index is 6.12. The Labute approximate surface area is 157 Å². The second kappa shape index (κ2) is 9.51. The minimum atomic E-state index is 0.623. The molecule has 0 bridgehead atoms. The van der Waals surface area contributed by atoms with E-state index in [4.69, 9.17) is 9.47 Å². The zero-order chi connectivity index (χ0) is 18.2. The van der Waals surface area contributed by atoms with Crippen LogP contribution in [0.25, 0.3) is 11.1 Å². The Bertz CT molecular complexity index is 711. The molecule has 3 nitrogen and oxygen atoms in total. The van der Waals surface area contributed by atoms with Crippen molar-refractivity contribution in [2.45, 2.75) is 59.0 Å². The summed E-state index contributed by atoms with van der Waals surface area (Å²) in [5.41, 5.74) is 4.73. The van der Waals surface area contributed by atoms with Gasteiger partial charge in [-0.15, -0.1) is 0 Å². The van der Waals surface area contributed by atoms with E-state index in [9.17, 15) is 0 Å². The molecule has 3 rings (SSSR count). The van der Waals surface area contributed by atoms with Gasteiger partial charge in [0.25, 0.3) is 0 Å². The van der Waals surface area contributed by atoms with Crippen molar-refractivity contribution in [3.05, 3.63) is 42.0 Å². The Balaban J connectivity index is 1.81. The summed E-state index contributed by atoms with van der Waals surface area (Å²) in [6.45, 7) is 6.85. The van der Waals surface area contributed by atoms with Gasteiger partial charge in [-0.2, -0.15) is 0 Å². The van der Waals surface area contributed by atoms with Crippen LogP contribution in [0.4, 0.5) is 5.69 Å². The smallest absolute Gasteiger partial charge is 0.131 e. The summed E-state index contributed by atoms with van der Waals surface area (Å²) in [4.78, 5) is 0. The van der Waals surface area contributed by atoms with Crippen molar-refractivity contribution in [3.8, 4) is 22.6 Å². The van der Waals surface area contributed by atoms with Gasteiger partial charge in [-0.3, -0.25) is 0 Å².